The van der Waals surface area contributed by atoms with E-state index >= 15 is 0 Å². The van der Waals surface area contributed by atoms with Crippen molar-refractivity contribution in [1.82, 2.24) is 0 Å². The van der Waals surface area contributed by atoms with E-state index in [1.54, 1.807) is 43.3 Å². The van der Waals surface area contributed by atoms with Gasteiger partial charge < -0.3 is 21.1 Å². The van der Waals surface area contributed by atoms with Crippen molar-refractivity contribution in [3.05, 3.63) is 74.6 Å². The van der Waals surface area contributed by atoms with E-state index in [2.05, 4.69) is 33.5 Å². The molecule has 0 saturated carbocycles. The number of anilines is 2. The molecular weight excluding hydrogens is 530 g/mol. The van der Waals surface area contributed by atoms with Gasteiger partial charge in [0.15, 0.2) is 6.10 Å². The minimum absolute atomic E-state index is 0.288. The number of fused-ring (bicyclic) bond motifs is 1. The molecule has 1 aliphatic rings. The molecule has 1 aromatic heterocycles. The third kappa shape index (κ3) is 5.91. The number of primary amides is 1. The lowest BCUT2D eigenvalue weighted by Crippen LogP contribution is -2.30. The summed E-state index contributed by atoms with van der Waals surface area (Å²) < 4.78 is 6.65. The molecule has 2 atom stereocenters. The van der Waals surface area contributed by atoms with Crippen molar-refractivity contribution in [3.8, 4) is 5.75 Å². The van der Waals surface area contributed by atoms with Crippen LogP contribution in [0.2, 0.25) is 0 Å². The van der Waals surface area contributed by atoms with Gasteiger partial charge in [-0.15, -0.1) is 11.3 Å². The van der Waals surface area contributed by atoms with E-state index in [0.717, 1.165) is 34.2 Å². The number of carbonyl (C=O) groups excluding carboxylic acids is 3. The van der Waals surface area contributed by atoms with Crippen LogP contribution in [0.3, 0.4) is 0 Å². The lowest BCUT2D eigenvalue weighted by Gasteiger charge is -2.18. The molecule has 1 aliphatic carbocycles. The number of amides is 3. The summed E-state index contributed by atoms with van der Waals surface area (Å²) in [6.45, 7) is 3.83. The first-order chi connectivity index (χ1) is 16.7. The normalized spacial score (nSPS) is 15.6. The summed E-state index contributed by atoms with van der Waals surface area (Å²) in [5, 5.41) is 6.16. The SMILES string of the molecule is CC1CCc2c(sc(NC(=O)c3ccc(OC(C)C(=O)Nc4ccc(Br)cc4)cc3)c2C(N)=O)C1. The fraction of sp³-hybridized carbons (Fsp3) is 0.269. The van der Waals surface area contributed by atoms with Gasteiger partial charge in [-0.2, -0.15) is 0 Å². The molecule has 2 aromatic carbocycles. The summed E-state index contributed by atoms with van der Waals surface area (Å²) in [6.07, 6.45) is 1.94. The van der Waals surface area contributed by atoms with Crippen LogP contribution in [0.5, 0.6) is 5.75 Å². The molecule has 182 valence electrons. The highest BCUT2D eigenvalue weighted by molar-refractivity contribution is 9.10. The van der Waals surface area contributed by atoms with Crippen LogP contribution in [-0.4, -0.2) is 23.8 Å². The van der Waals surface area contributed by atoms with Crippen LogP contribution >= 0.6 is 27.3 Å². The fourth-order valence-corrected chi connectivity index (χ4v) is 5.67. The molecule has 4 N–H and O–H groups in total. The molecule has 3 amide bonds. The highest BCUT2D eigenvalue weighted by Crippen LogP contribution is 2.39. The molecule has 1 heterocycles. The Hall–Kier alpha value is -3.17. The Labute approximate surface area is 216 Å². The molecule has 0 aliphatic heterocycles. The minimum Gasteiger partial charge on any atom is -0.481 e. The average Bonchev–Trinajstić information content (AvgIpc) is 3.17. The van der Waals surface area contributed by atoms with E-state index in [1.165, 1.54) is 11.3 Å². The van der Waals surface area contributed by atoms with E-state index in [-0.39, 0.29) is 11.8 Å². The summed E-state index contributed by atoms with van der Waals surface area (Å²) in [7, 11) is 0. The van der Waals surface area contributed by atoms with Gasteiger partial charge in [0.05, 0.1) is 5.56 Å². The molecule has 4 rings (SSSR count). The molecule has 35 heavy (non-hydrogen) atoms. The van der Waals surface area contributed by atoms with Gasteiger partial charge in [-0.3, -0.25) is 14.4 Å². The van der Waals surface area contributed by atoms with Crippen molar-refractivity contribution in [2.75, 3.05) is 10.6 Å². The van der Waals surface area contributed by atoms with Crippen molar-refractivity contribution in [2.45, 2.75) is 39.2 Å². The predicted octanol–water partition coefficient (Wildman–Crippen LogP) is 5.39. The first-order valence-electron chi connectivity index (χ1n) is 11.3. The van der Waals surface area contributed by atoms with E-state index in [4.69, 9.17) is 10.5 Å². The smallest absolute Gasteiger partial charge is 0.265 e. The Kier molecular flexibility index (Phi) is 7.57. The van der Waals surface area contributed by atoms with E-state index in [1.807, 2.05) is 12.1 Å². The van der Waals surface area contributed by atoms with Crippen molar-refractivity contribution in [3.63, 3.8) is 0 Å². The van der Waals surface area contributed by atoms with Gasteiger partial charge in [0.1, 0.15) is 10.8 Å². The Balaban J connectivity index is 1.40. The summed E-state index contributed by atoms with van der Waals surface area (Å²) in [4.78, 5) is 38.5. The van der Waals surface area contributed by atoms with Crippen molar-refractivity contribution in [1.29, 1.82) is 0 Å². The number of hydrogen-bond acceptors (Lipinski definition) is 5. The van der Waals surface area contributed by atoms with Crippen molar-refractivity contribution >= 4 is 55.7 Å². The Morgan fingerprint density at radius 3 is 2.43 bits per heavy atom. The number of carbonyl (C=O) groups is 3. The first kappa shape index (κ1) is 24.9. The molecule has 0 radical (unpaired) electrons. The minimum atomic E-state index is -0.740. The molecule has 0 fully saturated rings. The third-order valence-corrected chi connectivity index (χ3v) is 7.59. The second-order valence-corrected chi connectivity index (χ2v) is 10.7. The lowest BCUT2D eigenvalue weighted by molar-refractivity contribution is -0.122. The molecular formula is C26H26BrN3O4S. The number of nitrogens with two attached hydrogens (primary N) is 1. The van der Waals surface area contributed by atoms with E-state index in [0.29, 0.717) is 33.5 Å². The summed E-state index contributed by atoms with van der Waals surface area (Å²) in [5.41, 5.74) is 8.11. The first-order valence-corrected chi connectivity index (χ1v) is 12.9. The lowest BCUT2D eigenvalue weighted by atomic mass is 9.88. The molecule has 0 spiro atoms. The van der Waals surface area contributed by atoms with E-state index < -0.39 is 12.0 Å². The van der Waals surface area contributed by atoms with Gasteiger partial charge in [-0.1, -0.05) is 22.9 Å². The predicted molar refractivity (Wildman–Crippen MR) is 141 cm³/mol. The summed E-state index contributed by atoms with van der Waals surface area (Å²) in [5.74, 6) is -0.155. The van der Waals surface area contributed by atoms with Crippen molar-refractivity contribution < 1.29 is 19.1 Å². The van der Waals surface area contributed by atoms with Crippen LogP contribution in [0.25, 0.3) is 0 Å². The second-order valence-electron chi connectivity index (χ2n) is 8.65. The number of halogens is 1. The van der Waals surface area contributed by atoms with Gasteiger partial charge in [0, 0.05) is 20.6 Å². The van der Waals surface area contributed by atoms with Gasteiger partial charge in [0.2, 0.25) is 0 Å². The highest BCUT2D eigenvalue weighted by atomic mass is 79.9. The van der Waals surface area contributed by atoms with Crippen LogP contribution in [0.1, 0.15) is 51.4 Å². The molecule has 0 saturated heterocycles. The van der Waals surface area contributed by atoms with E-state index in [9.17, 15) is 14.4 Å². The molecule has 3 aromatic rings. The maximum Gasteiger partial charge on any atom is 0.265 e. The number of hydrogen-bond donors (Lipinski definition) is 3. The topological polar surface area (TPSA) is 111 Å². The zero-order chi connectivity index (χ0) is 25.1. The number of ether oxygens (including phenoxy) is 1. The van der Waals surface area contributed by atoms with Crippen LogP contribution in [0, 0.1) is 5.92 Å². The van der Waals surface area contributed by atoms with Crippen LogP contribution in [0.15, 0.2) is 53.0 Å². The van der Waals surface area contributed by atoms with Gasteiger partial charge in [0.25, 0.3) is 17.7 Å². The Bertz CT molecular complexity index is 1250. The zero-order valence-electron chi connectivity index (χ0n) is 19.4. The molecule has 7 nitrogen and oxygen atoms in total. The second kappa shape index (κ2) is 10.6. The molecule has 0 bridgehead atoms. The largest absolute Gasteiger partial charge is 0.481 e. The Morgan fingerprint density at radius 1 is 1.09 bits per heavy atom. The number of thiophene rings is 1. The van der Waals surface area contributed by atoms with Gasteiger partial charge in [-0.25, -0.2) is 0 Å². The Morgan fingerprint density at radius 2 is 1.77 bits per heavy atom. The molecule has 9 heteroatoms. The number of rotatable bonds is 7. The number of benzene rings is 2. The maximum atomic E-state index is 12.9. The summed E-state index contributed by atoms with van der Waals surface area (Å²) >= 11 is 4.79. The average molecular weight is 556 g/mol. The third-order valence-electron chi connectivity index (χ3n) is 5.90. The van der Waals surface area contributed by atoms with Crippen molar-refractivity contribution in [2.24, 2.45) is 11.7 Å². The fourth-order valence-electron chi connectivity index (χ4n) is 3.99. The standard InChI is InChI=1S/C26H26BrN3O4S/c1-14-3-12-20-21(13-14)35-26(22(20)23(28)31)30-25(33)16-4-10-19(11-5-16)34-15(2)24(32)29-18-8-6-17(27)7-9-18/h4-11,14-15H,3,12-13H2,1-2H3,(H2,28,31)(H,29,32)(H,30,33). The highest BCUT2D eigenvalue weighted by Gasteiger charge is 2.27. The van der Waals surface area contributed by atoms with Crippen LogP contribution in [0.4, 0.5) is 10.7 Å². The number of nitrogens with one attached hydrogen (secondary N) is 2. The van der Waals surface area contributed by atoms with Crippen LogP contribution < -0.4 is 21.1 Å². The zero-order valence-corrected chi connectivity index (χ0v) is 21.8. The maximum absolute atomic E-state index is 12.9. The van der Waals surface area contributed by atoms with Crippen LogP contribution in [-0.2, 0) is 17.6 Å². The quantitative estimate of drug-likeness (QED) is 0.362. The van der Waals surface area contributed by atoms with Gasteiger partial charge >= 0.3 is 0 Å². The van der Waals surface area contributed by atoms with Gasteiger partial charge in [-0.05, 0) is 86.2 Å². The molecule has 2 unspecified atom stereocenters. The monoisotopic (exact) mass is 555 g/mol. The summed E-state index contributed by atoms with van der Waals surface area (Å²) in [6, 6.07) is 13.7.